The molecule has 1 aliphatic rings. The minimum Gasteiger partial charge on any atom is -0.465 e. The van der Waals surface area contributed by atoms with Gasteiger partial charge in [0.25, 0.3) is 0 Å². The van der Waals surface area contributed by atoms with E-state index in [9.17, 15) is 4.79 Å². The lowest BCUT2D eigenvalue weighted by molar-refractivity contribution is 0.0600. The fourth-order valence-corrected chi connectivity index (χ4v) is 2.39. The molecule has 0 spiro atoms. The summed E-state index contributed by atoms with van der Waals surface area (Å²) in [4.78, 5) is 15.6. The van der Waals surface area contributed by atoms with Crippen molar-refractivity contribution in [3.63, 3.8) is 0 Å². The van der Waals surface area contributed by atoms with Crippen LogP contribution in [0.5, 0.6) is 0 Å². The van der Waals surface area contributed by atoms with E-state index in [1.165, 1.54) is 13.3 Å². The number of pyridine rings is 1. The molecule has 1 aliphatic heterocycles. The van der Waals surface area contributed by atoms with Crippen molar-refractivity contribution in [1.29, 1.82) is 0 Å². The highest BCUT2D eigenvalue weighted by molar-refractivity contribution is 6.31. The molecule has 0 aromatic carbocycles. The number of nitrogens with zero attached hydrogens (tertiary/aromatic N) is 1. The number of ether oxygens (including phenoxy) is 1. The van der Waals surface area contributed by atoms with Crippen LogP contribution in [0.3, 0.4) is 0 Å². The van der Waals surface area contributed by atoms with Gasteiger partial charge < -0.3 is 10.1 Å². The Labute approximate surface area is 105 Å². The summed E-state index contributed by atoms with van der Waals surface area (Å²) in [6, 6.07) is 1.64. The van der Waals surface area contributed by atoms with Gasteiger partial charge in [-0.2, -0.15) is 0 Å². The Morgan fingerprint density at radius 2 is 2.24 bits per heavy atom. The van der Waals surface area contributed by atoms with Gasteiger partial charge in [-0.1, -0.05) is 11.6 Å². The molecule has 2 heterocycles. The lowest BCUT2D eigenvalue weighted by Crippen LogP contribution is -2.27. The van der Waals surface area contributed by atoms with Gasteiger partial charge in [0.1, 0.15) is 0 Å². The van der Waals surface area contributed by atoms with Crippen LogP contribution in [0.15, 0.2) is 12.3 Å². The van der Waals surface area contributed by atoms with Gasteiger partial charge in [-0.05, 0) is 32.0 Å². The van der Waals surface area contributed by atoms with E-state index < -0.39 is 5.97 Å². The van der Waals surface area contributed by atoms with Crippen LogP contribution in [-0.4, -0.2) is 31.2 Å². The third kappa shape index (κ3) is 2.76. The Balaban J connectivity index is 2.21. The third-order valence-corrected chi connectivity index (χ3v) is 3.32. The van der Waals surface area contributed by atoms with Crippen molar-refractivity contribution in [2.24, 2.45) is 0 Å². The topological polar surface area (TPSA) is 51.2 Å². The molecule has 2 rings (SSSR count). The van der Waals surface area contributed by atoms with Crippen LogP contribution in [0, 0.1) is 0 Å². The molecule has 5 heteroatoms. The van der Waals surface area contributed by atoms with Gasteiger partial charge in [-0.25, -0.2) is 4.79 Å². The largest absolute Gasteiger partial charge is 0.465 e. The lowest BCUT2D eigenvalue weighted by Gasteiger charge is -2.22. The molecule has 1 aromatic rings. The number of piperidine rings is 1. The number of carbonyl (C=O) groups excluding carboxylic acids is 1. The van der Waals surface area contributed by atoms with Gasteiger partial charge in [0, 0.05) is 12.1 Å². The van der Waals surface area contributed by atoms with Gasteiger partial charge in [0.2, 0.25) is 0 Å². The second-order valence-corrected chi connectivity index (χ2v) is 4.51. The molecule has 0 amide bonds. The summed E-state index contributed by atoms with van der Waals surface area (Å²) in [5, 5.41) is 3.85. The van der Waals surface area contributed by atoms with Crippen LogP contribution in [0.4, 0.5) is 0 Å². The van der Waals surface area contributed by atoms with Gasteiger partial charge in [0.05, 0.1) is 23.4 Å². The van der Waals surface area contributed by atoms with Crippen molar-refractivity contribution in [1.82, 2.24) is 10.3 Å². The van der Waals surface area contributed by atoms with E-state index in [2.05, 4.69) is 15.0 Å². The third-order valence-electron chi connectivity index (χ3n) is 3.02. The van der Waals surface area contributed by atoms with Crippen LogP contribution in [0.2, 0.25) is 5.02 Å². The number of rotatable bonds is 2. The first-order valence-corrected chi connectivity index (χ1v) is 6.04. The van der Waals surface area contributed by atoms with E-state index in [0.717, 1.165) is 31.6 Å². The first kappa shape index (κ1) is 12.3. The highest BCUT2D eigenvalue weighted by Crippen LogP contribution is 2.29. The molecule has 1 saturated heterocycles. The van der Waals surface area contributed by atoms with Crippen LogP contribution >= 0.6 is 11.6 Å². The second-order valence-electron chi connectivity index (χ2n) is 4.11. The summed E-state index contributed by atoms with van der Waals surface area (Å²) in [5.74, 6) is -0.0216. The smallest absolute Gasteiger partial charge is 0.339 e. The Morgan fingerprint density at radius 1 is 1.53 bits per heavy atom. The van der Waals surface area contributed by atoms with E-state index in [0.29, 0.717) is 16.5 Å². The normalized spacial score (nSPS) is 16.8. The molecular formula is C12H15ClN2O2. The van der Waals surface area contributed by atoms with Gasteiger partial charge >= 0.3 is 5.97 Å². The highest BCUT2D eigenvalue weighted by atomic mass is 35.5. The predicted molar refractivity (Wildman–Crippen MR) is 65.4 cm³/mol. The van der Waals surface area contributed by atoms with Crippen molar-refractivity contribution < 1.29 is 9.53 Å². The molecule has 0 unspecified atom stereocenters. The van der Waals surface area contributed by atoms with E-state index in [-0.39, 0.29) is 0 Å². The quantitative estimate of drug-likeness (QED) is 0.820. The zero-order valence-corrected chi connectivity index (χ0v) is 10.5. The summed E-state index contributed by atoms with van der Waals surface area (Å²) in [6.45, 7) is 1.98. The molecule has 0 radical (unpaired) electrons. The minimum absolute atomic E-state index is 0.385. The molecule has 0 bridgehead atoms. The molecule has 92 valence electrons. The fraction of sp³-hybridized carbons (Fsp3) is 0.500. The molecule has 17 heavy (non-hydrogen) atoms. The zero-order valence-electron chi connectivity index (χ0n) is 9.70. The number of nitrogens with one attached hydrogen (secondary N) is 1. The summed E-state index contributed by atoms with van der Waals surface area (Å²) in [6.07, 6.45) is 3.60. The second kappa shape index (κ2) is 5.47. The summed E-state index contributed by atoms with van der Waals surface area (Å²) >= 11 is 6.17. The van der Waals surface area contributed by atoms with Crippen molar-refractivity contribution in [2.75, 3.05) is 20.2 Å². The fourth-order valence-electron chi connectivity index (χ4n) is 2.07. The summed E-state index contributed by atoms with van der Waals surface area (Å²) in [7, 11) is 1.34. The average molecular weight is 255 g/mol. The predicted octanol–water partition coefficient (Wildman–Crippen LogP) is 1.99. The number of halogens is 1. The van der Waals surface area contributed by atoms with Crippen molar-refractivity contribution in [3.8, 4) is 0 Å². The minimum atomic E-state index is -0.406. The number of aromatic nitrogens is 1. The summed E-state index contributed by atoms with van der Waals surface area (Å²) < 4.78 is 4.63. The lowest BCUT2D eigenvalue weighted by atomic mass is 9.94. The van der Waals surface area contributed by atoms with E-state index in [1.54, 1.807) is 6.07 Å². The van der Waals surface area contributed by atoms with Crippen LogP contribution < -0.4 is 5.32 Å². The van der Waals surface area contributed by atoms with Crippen LogP contribution in [-0.2, 0) is 4.74 Å². The van der Waals surface area contributed by atoms with Crippen LogP contribution in [0.25, 0.3) is 0 Å². The highest BCUT2D eigenvalue weighted by Gasteiger charge is 2.20. The van der Waals surface area contributed by atoms with Crippen LogP contribution in [0.1, 0.15) is 34.8 Å². The van der Waals surface area contributed by atoms with Crippen molar-refractivity contribution in [2.45, 2.75) is 18.8 Å². The maximum atomic E-state index is 11.3. The Kier molecular flexibility index (Phi) is 3.97. The number of methoxy groups -OCH3 is 1. The van der Waals surface area contributed by atoms with Crippen molar-refractivity contribution >= 4 is 17.6 Å². The maximum Gasteiger partial charge on any atom is 0.339 e. The molecule has 0 saturated carbocycles. The Morgan fingerprint density at radius 3 is 2.82 bits per heavy atom. The van der Waals surface area contributed by atoms with Gasteiger partial charge in [-0.3, -0.25) is 4.98 Å². The van der Waals surface area contributed by atoms with Gasteiger partial charge in [-0.15, -0.1) is 0 Å². The zero-order chi connectivity index (χ0) is 12.3. The molecular weight excluding hydrogens is 240 g/mol. The van der Waals surface area contributed by atoms with E-state index in [4.69, 9.17) is 11.6 Å². The number of esters is 1. The van der Waals surface area contributed by atoms with E-state index >= 15 is 0 Å². The van der Waals surface area contributed by atoms with Gasteiger partial charge in [0.15, 0.2) is 0 Å². The number of carbonyl (C=O) groups is 1. The first-order valence-electron chi connectivity index (χ1n) is 5.67. The molecule has 1 aromatic heterocycles. The standard InChI is InChI=1S/C12H15ClN2O2/c1-17-12(16)9-6-10(13)11(15-7-9)8-2-4-14-5-3-8/h6-8,14H,2-5H2,1H3. The molecule has 1 fully saturated rings. The molecule has 0 atom stereocenters. The SMILES string of the molecule is COC(=O)c1cnc(C2CCNCC2)c(Cl)c1. The Hall–Kier alpha value is -1.13. The van der Waals surface area contributed by atoms with E-state index in [1.807, 2.05) is 0 Å². The Bertz CT molecular complexity index is 417. The number of hydrogen-bond donors (Lipinski definition) is 1. The molecule has 4 nitrogen and oxygen atoms in total. The molecule has 1 N–H and O–H groups in total. The summed E-state index contributed by atoms with van der Waals surface area (Å²) in [5.41, 5.74) is 1.29. The van der Waals surface area contributed by atoms with Crippen molar-refractivity contribution in [3.05, 3.63) is 28.5 Å². The monoisotopic (exact) mass is 254 g/mol. The average Bonchev–Trinajstić information content (AvgIpc) is 2.38. The first-order chi connectivity index (χ1) is 8.22. The molecule has 0 aliphatic carbocycles. The maximum absolute atomic E-state index is 11.3. The number of hydrogen-bond acceptors (Lipinski definition) is 4.